The molecule has 0 aromatic rings. The fourth-order valence-corrected chi connectivity index (χ4v) is 2.25. The van der Waals surface area contributed by atoms with Gasteiger partial charge in [0.15, 0.2) is 0 Å². The molecule has 1 aliphatic heterocycles. The maximum Gasteiger partial charge on any atom is 0.236 e. The number of likely N-dealkylation sites (N-methyl/N-ethyl adjacent to an activating group) is 1. The highest BCUT2D eigenvalue weighted by Gasteiger charge is 2.25. The van der Waals surface area contributed by atoms with Crippen molar-refractivity contribution < 1.29 is 4.79 Å². The number of carbonyl (C=O) groups is 1. The molecule has 1 heterocycles. The van der Waals surface area contributed by atoms with Crippen molar-refractivity contribution in [1.29, 1.82) is 0 Å². The summed E-state index contributed by atoms with van der Waals surface area (Å²) in [5, 5.41) is 0. The minimum atomic E-state index is 0.213. The van der Waals surface area contributed by atoms with Gasteiger partial charge in [-0.2, -0.15) is 0 Å². The Morgan fingerprint density at radius 1 is 1.47 bits per heavy atom. The van der Waals surface area contributed by atoms with E-state index in [2.05, 4.69) is 11.8 Å². The Bertz CT molecular complexity index is 253. The first-order valence-electron chi connectivity index (χ1n) is 6.65. The second-order valence-corrected chi connectivity index (χ2v) is 5.59. The van der Waals surface area contributed by atoms with Crippen molar-refractivity contribution in [2.45, 2.75) is 45.7 Å². The number of piperidine rings is 1. The first-order chi connectivity index (χ1) is 7.91. The second-order valence-electron chi connectivity index (χ2n) is 5.59. The molecule has 0 aliphatic carbocycles. The molecule has 2 atom stereocenters. The Hall–Kier alpha value is -0.610. The molecule has 0 saturated carbocycles. The Labute approximate surface area is 105 Å². The van der Waals surface area contributed by atoms with E-state index in [1.165, 1.54) is 6.42 Å². The molecule has 1 aliphatic rings. The van der Waals surface area contributed by atoms with Crippen molar-refractivity contribution in [2.75, 3.05) is 26.7 Å². The van der Waals surface area contributed by atoms with Gasteiger partial charge >= 0.3 is 0 Å². The molecule has 2 unspecified atom stereocenters. The van der Waals surface area contributed by atoms with Crippen molar-refractivity contribution in [1.82, 2.24) is 9.80 Å². The van der Waals surface area contributed by atoms with Gasteiger partial charge in [0.25, 0.3) is 0 Å². The second kappa shape index (κ2) is 6.36. The lowest BCUT2D eigenvalue weighted by Gasteiger charge is -2.35. The summed E-state index contributed by atoms with van der Waals surface area (Å²) < 4.78 is 0. The lowest BCUT2D eigenvalue weighted by molar-refractivity contribution is -0.133. The van der Waals surface area contributed by atoms with E-state index in [9.17, 15) is 4.79 Å². The SMILES string of the molecule is CC(N)C1CCCN(CC(=O)N(C)C(C)C)C1. The number of hydrogen-bond donors (Lipinski definition) is 1. The van der Waals surface area contributed by atoms with E-state index < -0.39 is 0 Å². The summed E-state index contributed by atoms with van der Waals surface area (Å²) in [6.07, 6.45) is 2.35. The summed E-state index contributed by atoms with van der Waals surface area (Å²) >= 11 is 0. The predicted octanol–water partition coefficient (Wildman–Crippen LogP) is 0.912. The third-order valence-electron chi connectivity index (χ3n) is 3.81. The summed E-state index contributed by atoms with van der Waals surface area (Å²) in [6.45, 7) is 8.68. The maximum atomic E-state index is 12.0. The standard InChI is InChI=1S/C13H27N3O/c1-10(2)15(4)13(17)9-16-7-5-6-12(8-16)11(3)14/h10-12H,5-9,14H2,1-4H3. The Balaban J connectivity index is 2.43. The van der Waals surface area contributed by atoms with Gasteiger partial charge in [-0.05, 0) is 46.1 Å². The Morgan fingerprint density at radius 2 is 2.12 bits per heavy atom. The summed E-state index contributed by atoms with van der Waals surface area (Å²) in [4.78, 5) is 16.0. The van der Waals surface area contributed by atoms with E-state index >= 15 is 0 Å². The summed E-state index contributed by atoms with van der Waals surface area (Å²) in [5.74, 6) is 0.756. The van der Waals surface area contributed by atoms with Gasteiger partial charge in [-0.15, -0.1) is 0 Å². The van der Waals surface area contributed by atoms with E-state index in [1.54, 1.807) is 0 Å². The van der Waals surface area contributed by atoms with E-state index in [0.717, 1.165) is 19.5 Å². The number of rotatable bonds is 4. The average molecular weight is 241 g/mol. The van der Waals surface area contributed by atoms with Crippen LogP contribution >= 0.6 is 0 Å². The van der Waals surface area contributed by atoms with Gasteiger partial charge in [-0.3, -0.25) is 9.69 Å². The van der Waals surface area contributed by atoms with Crippen LogP contribution in [0.5, 0.6) is 0 Å². The van der Waals surface area contributed by atoms with Crippen molar-refractivity contribution in [2.24, 2.45) is 11.7 Å². The third kappa shape index (κ3) is 4.28. The largest absolute Gasteiger partial charge is 0.342 e. The molecule has 1 saturated heterocycles. The fourth-order valence-electron chi connectivity index (χ4n) is 2.25. The van der Waals surface area contributed by atoms with Crippen LogP contribution in [0.15, 0.2) is 0 Å². The molecule has 4 nitrogen and oxygen atoms in total. The zero-order chi connectivity index (χ0) is 13.0. The Morgan fingerprint density at radius 3 is 2.65 bits per heavy atom. The van der Waals surface area contributed by atoms with Gasteiger partial charge in [0.05, 0.1) is 6.54 Å². The maximum absolute atomic E-state index is 12.0. The number of carbonyl (C=O) groups excluding carboxylic acids is 1. The summed E-state index contributed by atoms with van der Waals surface area (Å²) in [7, 11) is 1.87. The van der Waals surface area contributed by atoms with Gasteiger partial charge in [-0.25, -0.2) is 0 Å². The normalized spacial score (nSPS) is 23.8. The topological polar surface area (TPSA) is 49.6 Å². The van der Waals surface area contributed by atoms with Crippen molar-refractivity contribution in [3.05, 3.63) is 0 Å². The smallest absolute Gasteiger partial charge is 0.236 e. The van der Waals surface area contributed by atoms with Crippen LogP contribution in [0, 0.1) is 5.92 Å². The molecule has 2 N–H and O–H groups in total. The van der Waals surface area contributed by atoms with Crippen LogP contribution in [0.3, 0.4) is 0 Å². The van der Waals surface area contributed by atoms with Crippen LogP contribution in [-0.2, 0) is 4.79 Å². The minimum Gasteiger partial charge on any atom is -0.342 e. The molecule has 1 fully saturated rings. The fraction of sp³-hybridized carbons (Fsp3) is 0.923. The third-order valence-corrected chi connectivity index (χ3v) is 3.81. The van der Waals surface area contributed by atoms with Crippen molar-refractivity contribution in [3.63, 3.8) is 0 Å². The molecule has 4 heteroatoms. The summed E-state index contributed by atoms with van der Waals surface area (Å²) in [5.41, 5.74) is 5.95. The molecule has 17 heavy (non-hydrogen) atoms. The van der Waals surface area contributed by atoms with Crippen LogP contribution in [0.25, 0.3) is 0 Å². The highest BCUT2D eigenvalue weighted by atomic mass is 16.2. The highest BCUT2D eigenvalue weighted by Crippen LogP contribution is 2.18. The van der Waals surface area contributed by atoms with Crippen LogP contribution in [-0.4, -0.2) is 54.5 Å². The first-order valence-corrected chi connectivity index (χ1v) is 6.65. The highest BCUT2D eigenvalue weighted by molar-refractivity contribution is 5.78. The Kier molecular flexibility index (Phi) is 5.40. The van der Waals surface area contributed by atoms with Crippen LogP contribution in [0.1, 0.15) is 33.6 Å². The molecule has 0 bridgehead atoms. The zero-order valence-electron chi connectivity index (χ0n) is 11.6. The van der Waals surface area contributed by atoms with Gasteiger partial charge < -0.3 is 10.6 Å². The van der Waals surface area contributed by atoms with E-state index in [1.807, 2.05) is 25.8 Å². The number of likely N-dealkylation sites (tertiary alicyclic amines) is 1. The van der Waals surface area contributed by atoms with Crippen LogP contribution in [0.4, 0.5) is 0 Å². The molecule has 1 rings (SSSR count). The monoisotopic (exact) mass is 241 g/mol. The van der Waals surface area contributed by atoms with Crippen molar-refractivity contribution >= 4 is 5.91 Å². The molecule has 0 aromatic carbocycles. The van der Waals surface area contributed by atoms with Crippen LogP contribution in [0.2, 0.25) is 0 Å². The average Bonchev–Trinajstić information content (AvgIpc) is 2.28. The van der Waals surface area contributed by atoms with E-state index in [0.29, 0.717) is 12.5 Å². The lowest BCUT2D eigenvalue weighted by Crippen LogP contribution is -2.47. The van der Waals surface area contributed by atoms with E-state index in [4.69, 9.17) is 5.73 Å². The number of hydrogen-bond acceptors (Lipinski definition) is 3. The van der Waals surface area contributed by atoms with Gasteiger partial charge in [-0.1, -0.05) is 0 Å². The quantitative estimate of drug-likeness (QED) is 0.796. The van der Waals surface area contributed by atoms with Crippen molar-refractivity contribution in [3.8, 4) is 0 Å². The molecule has 0 spiro atoms. The number of nitrogens with zero attached hydrogens (tertiary/aromatic N) is 2. The van der Waals surface area contributed by atoms with Gasteiger partial charge in [0.2, 0.25) is 5.91 Å². The van der Waals surface area contributed by atoms with Crippen LogP contribution < -0.4 is 5.73 Å². The number of amides is 1. The molecule has 1 amide bonds. The van der Waals surface area contributed by atoms with E-state index in [-0.39, 0.29) is 18.0 Å². The lowest BCUT2D eigenvalue weighted by atomic mass is 9.92. The van der Waals surface area contributed by atoms with Gasteiger partial charge in [0.1, 0.15) is 0 Å². The molecular formula is C13H27N3O. The summed E-state index contributed by atoms with van der Waals surface area (Å²) in [6, 6.07) is 0.507. The molecule has 100 valence electrons. The zero-order valence-corrected chi connectivity index (χ0v) is 11.6. The predicted molar refractivity (Wildman–Crippen MR) is 70.7 cm³/mol. The molecule has 0 radical (unpaired) electrons. The number of nitrogens with two attached hydrogens (primary N) is 1. The molecular weight excluding hydrogens is 214 g/mol. The molecule has 0 aromatic heterocycles. The first kappa shape index (κ1) is 14.5. The minimum absolute atomic E-state index is 0.213. The van der Waals surface area contributed by atoms with Gasteiger partial charge in [0, 0.05) is 25.7 Å².